The number of aromatic amines is 1. The Morgan fingerprint density at radius 3 is 2.62 bits per heavy atom. The summed E-state index contributed by atoms with van der Waals surface area (Å²) in [4.78, 5) is 6.86. The van der Waals surface area contributed by atoms with Crippen LogP contribution in [0.5, 0.6) is 0 Å². The number of rotatable bonds is 3. The van der Waals surface area contributed by atoms with Gasteiger partial charge in [-0.25, -0.2) is 13.4 Å². The summed E-state index contributed by atoms with van der Waals surface area (Å²) in [6.45, 7) is 3.39. The number of H-pyrrole nitrogens is 1. The molecule has 0 bridgehead atoms. The first-order valence-corrected chi connectivity index (χ1v) is 9.08. The highest BCUT2D eigenvalue weighted by molar-refractivity contribution is 7.94. The number of hydrogen-bond acceptors (Lipinski definition) is 6. The van der Waals surface area contributed by atoms with E-state index in [1.807, 2.05) is 13.0 Å². The molecule has 0 fully saturated rings. The van der Waals surface area contributed by atoms with Gasteiger partial charge in [0.25, 0.3) is 10.0 Å². The molecule has 2 aromatic heterocycles. The van der Waals surface area contributed by atoms with E-state index in [1.54, 1.807) is 25.3 Å². The number of aryl methyl sites for hydroxylation is 2. The fraction of sp³-hybridized carbons (Fsp3) is 0.133. The number of anilines is 1. The van der Waals surface area contributed by atoms with Crippen molar-refractivity contribution in [2.75, 3.05) is 4.72 Å². The number of thiazole rings is 1. The minimum atomic E-state index is -3.88. The molecule has 2 heterocycles. The van der Waals surface area contributed by atoms with E-state index < -0.39 is 10.0 Å². The van der Waals surface area contributed by atoms with Gasteiger partial charge in [0.05, 0.1) is 22.5 Å². The Bertz CT molecular complexity index is 1140. The second kappa shape index (κ2) is 5.64. The molecule has 0 spiro atoms. The van der Waals surface area contributed by atoms with Crippen LogP contribution in [0.15, 0.2) is 22.5 Å². The molecule has 24 heavy (non-hydrogen) atoms. The van der Waals surface area contributed by atoms with Gasteiger partial charge in [-0.15, -0.1) is 0 Å². The molecule has 0 radical (unpaired) electrons. The summed E-state index contributed by atoms with van der Waals surface area (Å²) in [5.41, 5.74) is 2.47. The Morgan fingerprint density at radius 2 is 2.00 bits per heavy atom. The SMILES string of the molecule is Cc1nc(C#N)sc1S(=O)(=O)Nc1ccc(C)c2c(C#N)c[nH]c12. The molecule has 9 heteroatoms. The van der Waals surface area contributed by atoms with E-state index in [2.05, 4.69) is 20.8 Å². The fourth-order valence-corrected chi connectivity index (χ4v) is 4.85. The number of aromatic nitrogens is 2. The third kappa shape index (κ3) is 2.50. The zero-order chi connectivity index (χ0) is 17.5. The van der Waals surface area contributed by atoms with Crippen molar-refractivity contribution in [2.24, 2.45) is 0 Å². The Balaban J connectivity index is 2.12. The molecule has 2 N–H and O–H groups in total. The third-order valence-electron chi connectivity index (χ3n) is 3.50. The minimum absolute atomic E-state index is 0.000150. The van der Waals surface area contributed by atoms with Crippen LogP contribution >= 0.6 is 11.3 Å². The quantitative estimate of drug-likeness (QED) is 0.746. The Kier molecular flexibility index (Phi) is 3.76. The van der Waals surface area contributed by atoms with Crippen LogP contribution in [0.4, 0.5) is 5.69 Å². The molecule has 0 saturated heterocycles. The lowest BCUT2D eigenvalue weighted by Gasteiger charge is -2.09. The van der Waals surface area contributed by atoms with Crippen LogP contribution in [0.2, 0.25) is 0 Å². The molecule has 1 aromatic carbocycles. The summed E-state index contributed by atoms with van der Waals surface area (Å²) in [5, 5.41) is 18.8. The van der Waals surface area contributed by atoms with E-state index in [9.17, 15) is 13.7 Å². The highest BCUT2D eigenvalue weighted by Gasteiger charge is 2.23. The largest absolute Gasteiger partial charge is 0.358 e. The van der Waals surface area contributed by atoms with E-state index >= 15 is 0 Å². The number of benzene rings is 1. The summed E-state index contributed by atoms with van der Waals surface area (Å²) < 4.78 is 27.8. The van der Waals surface area contributed by atoms with Crippen molar-refractivity contribution in [1.82, 2.24) is 9.97 Å². The minimum Gasteiger partial charge on any atom is -0.358 e. The molecule has 120 valence electrons. The van der Waals surface area contributed by atoms with E-state index in [-0.39, 0.29) is 14.9 Å². The van der Waals surface area contributed by atoms with E-state index in [0.717, 1.165) is 16.9 Å². The molecule has 0 amide bonds. The molecule has 0 aliphatic rings. The lowest BCUT2D eigenvalue weighted by atomic mass is 10.1. The molecule has 0 unspecified atom stereocenters. The first-order valence-electron chi connectivity index (χ1n) is 6.78. The van der Waals surface area contributed by atoms with Crippen molar-refractivity contribution in [3.05, 3.63) is 40.2 Å². The molecule has 0 aliphatic heterocycles. The Labute approximate surface area is 142 Å². The van der Waals surface area contributed by atoms with Gasteiger partial charge >= 0.3 is 0 Å². The molecular weight excluding hydrogens is 346 g/mol. The molecule has 3 rings (SSSR count). The van der Waals surface area contributed by atoms with Gasteiger partial charge in [0.1, 0.15) is 12.1 Å². The van der Waals surface area contributed by atoms with Crippen molar-refractivity contribution in [3.8, 4) is 12.1 Å². The van der Waals surface area contributed by atoms with Crippen LogP contribution in [0, 0.1) is 36.5 Å². The van der Waals surface area contributed by atoms with Crippen LogP contribution in [-0.4, -0.2) is 18.4 Å². The van der Waals surface area contributed by atoms with E-state index in [0.29, 0.717) is 22.2 Å². The van der Waals surface area contributed by atoms with Gasteiger partial charge in [-0.2, -0.15) is 10.5 Å². The molecule has 7 nitrogen and oxygen atoms in total. The first kappa shape index (κ1) is 16.0. The first-order chi connectivity index (χ1) is 11.4. The molecule has 3 aromatic rings. The van der Waals surface area contributed by atoms with Gasteiger partial charge in [0.2, 0.25) is 0 Å². The number of sulfonamides is 1. The number of nitriles is 2. The van der Waals surface area contributed by atoms with Gasteiger partial charge in [0, 0.05) is 11.6 Å². The van der Waals surface area contributed by atoms with Crippen molar-refractivity contribution in [2.45, 2.75) is 18.1 Å². The third-order valence-corrected chi connectivity index (χ3v) is 6.54. The highest BCUT2D eigenvalue weighted by atomic mass is 32.2. The second-order valence-corrected chi connectivity index (χ2v) is 7.98. The summed E-state index contributed by atoms with van der Waals surface area (Å²) in [6.07, 6.45) is 1.54. The summed E-state index contributed by atoms with van der Waals surface area (Å²) in [6, 6.07) is 7.30. The lowest BCUT2D eigenvalue weighted by molar-refractivity contribution is 0.602. The Hall–Kier alpha value is -2.88. The normalized spacial score (nSPS) is 11.2. The average molecular weight is 357 g/mol. The summed E-state index contributed by atoms with van der Waals surface area (Å²) in [5.74, 6) is 0. The topological polar surface area (TPSA) is 122 Å². The predicted octanol–water partition coefficient (Wildman–Crippen LogP) is 2.79. The van der Waals surface area contributed by atoms with Gasteiger partial charge in [0.15, 0.2) is 9.22 Å². The summed E-state index contributed by atoms with van der Waals surface area (Å²) in [7, 11) is -3.88. The fourth-order valence-electron chi connectivity index (χ4n) is 2.46. The molecule has 0 saturated carbocycles. The van der Waals surface area contributed by atoms with Crippen molar-refractivity contribution < 1.29 is 8.42 Å². The van der Waals surface area contributed by atoms with Crippen LogP contribution in [-0.2, 0) is 10.0 Å². The number of nitrogens with zero attached hydrogens (tertiary/aromatic N) is 3. The predicted molar refractivity (Wildman–Crippen MR) is 90.1 cm³/mol. The van der Waals surface area contributed by atoms with Gasteiger partial charge in [-0.05, 0) is 25.5 Å². The maximum Gasteiger partial charge on any atom is 0.273 e. The smallest absolute Gasteiger partial charge is 0.273 e. The monoisotopic (exact) mass is 357 g/mol. The van der Waals surface area contributed by atoms with Gasteiger partial charge in [-0.1, -0.05) is 17.4 Å². The van der Waals surface area contributed by atoms with Gasteiger partial charge < -0.3 is 4.98 Å². The average Bonchev–Trinajstić information content (AvgIpc) is 3.14. The van der Waals surface area contributed by atoms with Crippen molar-refractivity contribution in [3.63, 3.8) is 0 Å². The highest BCUT2D eigenvalue weighted by Crippen LogP contribution is 2.31. The molecule has 0 aliphatic carbocycles. The van der Waals surface area contributed by atoms with Crippen LogP contribution in [0.1, 0.15) is 21.8 Å². The van der Waals surface area contributed by atoms with Crippen LogP contribution in [0.3, 0.4) is 0 Å². The van der Waals surface area contributed by atoms with E-state index in [4.69, 9.17) is 5.26 Å². The second-order valence-electron chi connectivity index (χ2n) is 5.10. The Morgan fingerprint density at radius 1 is 1.25 bits per heavy atom. The molecular formula is C15H11N5O2S2. The molecule has 0 atom stereocenters. The van der Waals surface area contributed by atoms with Crippen LogP contribution in [0.25, 0.3) is 10.9 Å². The maximum atomic E-state index is 12.6. The lowest BCUT2D eigenvalue weighted by Crippen LogP contribution is -2.13. The summed E-state index contributed by atoms with van der Waals surface area (Å²) >= 11 is 0.819. The zero-order valence-corrected chi connectivity index (χ0v) is 14.3. The zero-order valence-electron chi connectivity index (χ0n) is 12.7. The van der Waals surface area contributed by atoms with Gasteiger partial charge in [-0.3, -0.25) is 4.72 Å². The van der Waals surface area contributed by atoms with Crippen LogP contribution < -0.4 is 4.72 Å². The number of hydrogen-bond donors (Lipinski definition) is 2. The number of fused-ring (bicyclic) bond motifs is 1. The maximum absolute atomic E-state index is 12.6. The van der Waals surface area contributed by atoms with Crippen molar-refractivity contribution in [1.29, 1.82) is 10.5 Å². The van der Waals surface area contributed by atoms with E-state index in [1.165, 1.54) is 0 Å². The number of nitrogens with one attached hydrogen (secondary N) is 2. The van der Waals surface area contributed by atoms with Crippen molar-refractivity contribution >= 4 is 38.0 Å². The standard InChI is InChI=1S/C15H11N5O2S2/c1-8-3-4-11(14-13(8)10(5-16)7-18-14)20-24(21,22)15-9(2)19-12(6-17)23-15/h3-4,7,18,20H,1-2H3.